The Balaban J connectivity index is 1.18. The zero-order valence-electron chi connectivity index (χ0n) is 47.2. The summed E-state index contributed by atoms with van der Waals surface area (Å²) in [5, 5.41) is 0. The SMILES string of the molecule is Cc1cc(C)c(-c2c3nc(c(-c4c(C)cc(C)cc4C)c4ccc(s4)c4ccc(s4)c4ccc(s4)c4ccc(s4)c(-c4c(C)cc(C)cc4C)c4nc(c(-c5c(C)cc(C)cc5C)c5ccc(s5)c5ccc2s5)C=C4)C=C3)c(C)c1. The first-order valence-corrected chi connectivity index (χ1v) is 32.1. The van der Waals surface area contributed by atoms with Crippen LogP contribution in [-0.4, -0.2) is 9.97 Å². The largest absolute Gasteiger partial charge is 0.248 e. The Morgan fingerprint density at radius 1 is 0.200 bits per heavy atom. The van der Waals surface area contributed by atoms with E-state index in [2.05, 4.69) is 229 Å². The molecule has 13 rings (SSSR count). The van der Waals surface area contributed by atoms with Gasteiger partial charge in [-0.25, -0.2) is 9.97 Å². The molecule has 0 atom stereocenters. The molecule has 8 heteroatoms. The molecule has 0 fully saturated rings. The summed E-state index contributed by atoms with van der Waals surface area (Å²) in [4.78, 5) is 11.5. The summed E-state index contributed by atoms with van der Waals surface area (Å²) in [7, 11) is 0. The first-order valence-electron chi connectivity index (χ1n) is 27.2. The maximum absolute atomic E-state index is 5.75. The second-order valence-corrected chi connectivity index (χ2v) is 28.5. The Labute approximate surface area is 493 Å². The van der Waals surface area contributed by atoms with Crippen molar-refractivity contribution in [2.75, 3.05) is 0 Å². The quantitative estimate of drug-likeness (QED) is 0.176. The fraction of sp³-hybridized carbons (Fsp3) is 0.167. The van der Waals surface area contributed by atoms with Crippen molar-refractivity contribution in [3.05, 3.63) is 211 Å². The van der Waals surface area contributed by atoms with Gasteiger partial charge in [0, 0.05) is 78.7 Å². The van der Waals surface area contributed by atoms with Gasteiger partial charge in [-0.05, 0) is 247 Å². The van der Waals surface area contributed by atoms with Gasteiger partial charge in [0.1, 0.15) is 0 Å². The Morgan fingerprint density at radius 2 is 0.350 bits per heavy atom. The van der Waals surface area contributed by atoms with Crippen LogP contribution in [0.3, 0.4) is 0 Å². The number of hydrogen-bond acceptors (Lipinski definition) is 8. The van der Waals surface area contributed by atoms with Crippen LogP contribution in [0.4, 0.5) is 0 Å². The van der Waals surface area contributed by atoms with Crippen LogP contribution in [0.15, 0.2) is 121 Å². The number of fused-ring (bicyclic) bond motifs is 20. The van der Waals surface area contributed by atoms with Crippen molar-refractivity contribution in [3.8, 4) is 44.5 Å². The van der Waals surface area contributed by atoms with Gasteiger partial charge in [-0.2, -0.15) is 0 Å². The minimum Gasteiger partial charge on any atom is -0.248 e. The molecule has 0 unspecified atom stereocenters. The van der Waals surface area contributed by atoms with E-state index in [4.69, 9.17) is 9.97 Å². The molecule has 80 heavy (non-hydrogen) atoms. The fourth-order valence-electron chi connectivity index (χ4n) is 12.7. The van der Waals surface area contributed by atoms with Gasteiger partial charge in [-0.3, -0.25) is 0 Å². The number of rotatable bonds is 4. The Kier molecular flexibility index (Phi) is 13.5. The third kappa shape index (κ3) is 9.38. The van der Waals surface area contributed by atoms with Crippen molar-refractivity contribution in [2.45, 2.75) is 83.1 Å². The van der Waals surface area contributed by atoms with Gasteiger partial charge in [-0.15, -0.1) is 68.0 Å². The highest BCUT2D eigenvalue weighted by Gasteiger charge is 2.23. The summed E-state index contributed by atoms with van der Waals surface area (Å²) in [6.07, 6.45) is 9.08. The van der Waals surface area contributed by atoms with Gasteiger partial charge in [0.25, 0.3) is 0 Å². The number of thiophene rings is 6. The van der Waals surface area contributed by atoms with E-state index in [-0.39, 0.29) is 0 Å². The average Bonchev–Trinajstić information content (AvgIpc) is 4.42. The predicted octanol–water partition coefficient (Wildman–Crippen LogP) is 23.6. The standard InChI is InChI=1S/C72H60N2S6/c1-37-29-41(5)65(42(6)30-37)69-49-13-15-51(73-49)71(67-45(9)33-39(3)34-46(67)10)63-27-23-59(79-63)60-24-28-64(80-60)72(68-47(11)35-40(4)36-48(68)12)52-16-14-50(74-52)70(66-43(7)31-38(2)32-44(66)8)62-26-22-58(78-62)56-20-18-54(76-56)53-17-19-55(75-53)57-21-25-61(69)77-57/h13-36H,1-12H3. The van der Waals surface area contributed by atoms with Gasteiger partial charge in [-0.1, -0.05) is 70.8 Å². The molecule has 9 heterocycles. The van der Waals surface area contributed by atoms with Crippen LogP contribution in [-0.2, 0) is 0 Å². The average molecular weight is 1150 g/mol. The normalized spacial score (nSPS) is 12.2. The topological polar surface area (TPSA) is 25.8 Å². The zero-order valence-corrected chi connectivity index (χ0v) is 52.1. The van der Waals surface area contributed by atoms with Gasteiger partial charge < -0.3 is 0 Å². The van der Waals surface area contributed by atoms with Gasteiger partial charge >= 0.3 is 0 Å². The van der Waals surface area contributed by atoms with E-state index >= 15 is 0 Å². The molecule has 16 bridgehead atoms. The zero-order chi connectivity index (χ0) is 55.4. The van der Waals surface area contributed by atoms with Crippen molar-refractivity contribution in [1.29, 1.82) is 0 Å². The minimum atomic E-state index is 0.989. The second-order valence-electron chi connectivity index (χ2n) is 22.0. The van der Waals surface area contributed by atoms with Gasteiger partial charge in [0.05, 0.1) is 22.8 Å². The summed E-state index contributed by atoms with van der Waals surface area (Å²) >= 11 is 11.2. The molecule has 0 aliphatic carbocycles. The predicted molar refractivity (Wildman–Crippen MR) is 361 cm³/mol. The van der Waals surface area contributed by atoms with Crippen LogP contribution in [0, 0.1) is 83.1 Å². The van der Waals surface area contributed by atoms with Crippen LogP contribution in [0.1, 0.15) is 89.5 Å². The number of aryl methyl sites for hydroxylation is 12. The van der Waals surface area contributed by atoms with Gasteiger partial charge in [0.2, 0.25) is 0 Å². The molecule has 0 radical (unpaired) electrons. The molecule has 394 valence electrons. The third-order valence-electron chi connectivity index (χ3n) is 15.6. The molecule has 7 aromatic heterocycles. The lowest BCUT2D eigenvalue weighted by molar-refractivity contribution is 1.28. The maximum Gasteiger partial charge on any atom is 0.0730 e. The van der Waals surface area contributed by atoms with Crippen molar-refractivity contribution in [2.24, 2.45) is 0 Å². The van der Waals surface area contributed by atoms with Crippen molar-refractivity contribution >= 4 is 149 Å². The summed E-state index contributed by atoms with van der Waals surface area (Å²) < 4.78 is 15.0. The fourth-order valence-corrected chi connectivity index (χ4v) is 19.4. The van der Waals surface area contributed by atoms with Crippen molar-refractivity contribution in [1.82, 2.24) is 9.97 Å². The van der Waals surface area contributed by atoms with Crippen LogP contribution in [0.5, 0.6) is 0 Å². The first-order chi connectivity index (χ1) is 38.5. The monoisotopic (exact) mass is 1140 g/mol. The van der Waals surface area contributed by atoms with Crippen molar-refractivity contribution < 1.29 is 0 Å². The van der Waals surface area contributed by atoms with E-state index in [9.17, 15) is 0 Å². The summed E-state index contributed by atoms with van der Waals surface area (Å²) in [6, 6.07) is 46.5. The van der Waals surface area contributed by atoms with E-state index in [1.807, 2.05) is 68.0 Å². The third-order valence-corrected chi connectivity index (χ3v) is 23.0. The molecule has 0 saturated carbocycles. The number of hydrogen-bond donors (Lipinski definition) is 0. The second kappa shape index (κ2) is 20.6. The maximum atomic E-state index is 5.75. The lowest BCUT2D eigenvalue weighted by atomic mass is 9.93. The molecular weight excluding hydrogens is 1090 g/mol. The van der Waals surface area contributed by atoms with Crippen LogP contribution >= 0.6 is 68.0 Å². The van der Waals surface area contributed by atoms with E-state index in [0.717, 1.165) is 22.8 Å². The number of aromatic nitrogens is 2. The first kappa shape index (κ1) is 52.5. The van der Waals surface area contributed by atoms with Crippen LogP contribution in [0.2, 0.25) is 0 Å². The molecule has 2 aliphatic rings. The highest BCUT2D eigenvalue weighted by atomic mass is 32.1. The molecule has 0 spiro atoms. The highest BCUT2D eigenvalue weighted by molar-refractivity contribution is 7.35. The lowest BCUT2D eigenvalue weighted by Gasteiger charge is -2.14. The summed E-state index contributed by atoms with van der Waals surface area (Å²) in [5.74, 6) is 0. The van der Waals surface area contributed by atoms with E-state index in [0.29, 0.717) is 0 Å². The summed E-state index contributed by atoms with van der Waals surface area (Å²) in [5.41, 5.74) is 28.8. The molecule has 0 saturated heterocycles. The molecule has 2 aliphatic heterocycles. The molecule has 11 aromatic rings. The van der Waals surface area contributed by atoms with Crippen LogP contribution in [0.25, 0.3) is 125 Å². The minimum absolute atomic E-state index is 0.989. The smallest absolute Gasteiger partial charge is 0.0730 e. The highest BCUT2D eigenvalue weighted by Crippen LogP contribution is 2.47. The number of nitrogens with zero attached hydrogens (tertiary/aromatic N) is 2. The van der Waals surface area contributed by atoms with Gasteiger partial charge in [0.15, 0.2) is 0 Å². The Hall–Kier alpha value is -6.88. The molecule has 4 aromatic carbocycles. The van der Waals surface area contributed by atoms with E-state index in [1.165, 1.54) is 168 Å². The molecule has 0 N–H and O–H groups in total. The molecule has 2 nitrogen and oxygen atoms in total. The Morgan fingerprint density at radius 3 is 0.525 bits per heavy atom. The number of benzene rings is 4. The van der Waals surface area contributed by atoms with Crippen LogP contribution < -0.4 is 0 Å². The molecular formula is C72H60N2S6. The van der Waals surface area contributed by atoms with E-state index in [1.54, 1.807) is 0 Å². The molecule has 0 amide bonds. The van der Waals surface area contributed by atoms with E-state index < -0.39 is 0 Å². The summed E-state index contributed by atoms with van der Waals surface area (Å²) in [6.45, 7) is 26.9. The lowest BCUT2D eigenvalue weighted by Crippen LogP contribution is -1.94. The van der Waals surface area contributed by atoms with Crippen molar-refractivity contribution in [3.63, 3.8) is 0 Å². The Bertz CT molecular complexity index is 4460.